The summed E-state index contributed by atoms with van der Waals surface area (Å²) in [5.74, 6) is -0.224. The minimum Gasteiger partial charge on any atom is -0.353 e. The fraction of sp³-hybridized carbons (Fsp3) is 0.462. The molecule has 1 aromatic carbocycles. The van der Waals surface area contributed by atoms with Crippen molar-refractivity contribution < 1.29 is 9.18 Å². The smallest absolute Gasteiger partial charge is 0.220 e. The van der Waals surface area contributed by atoms with Crippen LogP contribution in [0.2, 0.25) is 0 Å². The van der Waals surface area contributed by atoms with Crippen LogP contribution in [0.15, 0.2) is 24.3 Å². The molecule has 1 atom stereocenters. The van der Waals surface area contributed by atoms with Gasteiger partial charge in [-0.1, -0.05) is 12.1 Å². The molecule has 0 bridgehead atoms. The molecule has 17 heavy (non-hydrogen) atoms. The van der Waals surface area contributed by atoms with Gasteiger partial charge in [0.15, 0.2) is 0 Å². The van der Waals surface area contributed by atoms with Crippen molar-refractivity contribution in [3.63, 3.8) is 0 Å². The molecule has 4 heteroatoms. The van der Waals surface area contributed by atoms with E-state index in [-0.39, 0.29) is 17.8 Å². The highest BCUT2D eigenvalue weighted by molar-refractivity contribution is 5.76. The van der Waals surface area contributed by atoms with Gasteiger partial charge < -0.3 is 11.1 Å². The van der Waals surface area contributed by atoms with E-state index < -0.39 is 0 Å². The highest BCUT2D eigenvalue weighted by Gasteiger charge is 2.07. The molecule has 0 fully saturated rings. The first-order valence-electron chi connectivity index (χ1n) is 5.85. The first-order valence-corrected chi connectivity index (χ1v) is 5.85. The number of hydrogen-bond donors (Lipinski definition) is 2. The molecule has 1 rings (SSSR count). The zero-order valence-corrected chi connectivity index (χ0v) is 10.1. The predicted molar refractivity (Wildman–Crippen MR) is 66.0 cm³/mol. The van der Waals surface area contributed by atoms with Crippen molar-refractivity contribution in [3.05, 3.63) is 35.6 Å². The molecular formula is C13H19FN2O. The van der Waals surface area contributed by atoms with Crippen LogP contribution in [0.1, 0.15) is 25.3 Å². The third-order valence-electron chi connectivity index (χ3n) is 2.47. The molecule has 0 saturated heterocycles. The lowest BCUT2D eigenvalue weighted by Crippen LogP contribution is -2.34. The van der Waals surface area contributed by atoms with Crippen molar-refractivity contribution in [2.75, 3.05) is 6.54 Å². The summed E-state index contributed by atoms with van der Waals surface area (Å²) >= 11 is 0. The monoisotopic (exact) mass is 238 g/mol. The number of carbonyl (C=O) groups excluding carboxylic acids is 1. The molecule has 94 valence electrons. The van der Waals surface area contributed by atoms with Crippen molar-refractivity contribution in [2.24, 2.45) is 5.73 Å². The van der Waals surface area contributed by atoms with E-state index in [1.807, 2.05) is 6.92 Å². The fourth-order valence-electron chi connectivity index (χ4n) is 1.63. The third-order valence-corrected chi connectivity index (χ3v) is 2.47. The van der Waals surface area contributed by atoms with Gasteiger partial charge >= 0.3 is 0 Å². The average Bonchev–Trinajstić information content (AvgIpc) is 2.29. The second kappa shape index (κ2) is 7.01. The van der Waals surface area contributed by atoms with Crippen molar-refractivity contribution in [1.82, 2.24) is 5.32 Å². The van der Waals surface area contributed by atoms with Crippen LogP contribution in [-0.2, 0) is 11.2 Å². The van der Waals surface area contributed by atoms with E-state index >= 15 is 0 Å². The van der Waals surface area contributed by atoms with Gasteiger partial charge in [-0.25, -0.2) is 4.39 Å². The second-order valence-electron chi connectivity index (χ2n) is 4.19. The van der Waals surface area contributed by atoms with Crippen LogP contribution in [0.4, 0.5) is 4.39 Å². The average molecular weight is 238 g/mol. The number of amides is 1. The summed E-state index contributed by atoms with van der Waals surface area (Å²) in [6.07, 6.45) is 1.87. The molecule has 0 saturated carbocycles. The second-order valence-corrected chi connectivity index (χ2v) is 4.19. The van der Waals surface area contributed by atoms with Gasteiger partial charge in [0.05, 0.1) is 0 Å². The van der Waals surface area contributed by atoms with E-state index in [1.165, 1.54) is 12.1 Å². The normalized spacial score (nSPS) is 12.2. The zero-order chi connectivity index (χ0) is 12.7. The van der Waals surface area contributed by atoms with Crippen molar-refractivity contribution in [3.8, 4) is 0 Å². The summed E-state index contributed by atoms with van der Waals surface area (Å²) in [5.41, 5.74) is 6.34. The molecule has 0 heterocycles. The van der Waals surface area contributed by atoms with Crippen molar-refractivity contribution in [1.29, 1.82) is 0 Å². The van der Waals surface area contributed by atoms with Crippen LogP contribution in [0.5, 0.6) is 0 Å². The SMILES string of the molecule is CC(Cc1ccc(F)cc1)NC(=O)CCCN. The molecule has 0 aliphatic heterocycles. The Kier molecular flexibility index (Phi) is 5.63. The molecule has 3 N–H and O–H groups in total. The van der Waals surface area contributed by atoms with Gasteiger partial charge in [0, 0.05) is 12.5 Å². The van der Waals surface area contributed by atoms with Gasteiger partial charge in [0.2, 0.25) is 5.91 Å². The standard InChI is InChI=1S/C13H19FN2O/c1-10(16-13(17)3-2-8-15)9-11-4-6-12(14)7-5-11/h4-7,10H,2-3,8-9,15H2,1H3,(H,16,17). The summed E-state index contributed by atoms with van der Waals surface area (Å²) < 4.78 is 12.7. The van der Waals surface area contributed by atoms with E-state index in [1.54, 1.807) is 12.1 Å². The topological polar surface area (TPSA) is 55.1 Å². The maximum atomic E-state index is 12.7. The zero-order valence-electron chi connectivity index (χ0n) is 10.1. The summed E-state index contributed by atoms with van der Waals surface area (Å²) in [5, 5.41) is 2.89. The van der Waals surface area contributed by atoms with Gasteiger partial charge in [0.25, 0.3) is 0 Å². The highest BCUT2D eigenvalue weighted by atomic mass is 19.1. The van der Waals surface area contributed by atoms with E-state index in [4.69, 9.17) is 5.73 Å². The lowest BCUT2D eigenvalue weighted by Gasteiger charge is -2.13. The lowest BCUT2D eigenvalue weighted by atomic mass is 10.1. The summed E-state index contributed by atoms with van der Waals surface area (Å²) in [6.45, 7) is 2.46. The first-order chi connectivity index (χ1) is 8.11. The predicted octanol–water partition coefficient (Wildman–Crippen LogP) is 1.61. The van der Waals surface area contributed by atoms with Gasteiger partial charge in [-0.15, -0.1) is 0 Å². The molecule has 1 aromatic rings. The largest absolute Gasteiger partial charge is 0.353 e. The van der Waals surface area contributed by atoms with E-state index in [2.05, 4.69) is 5.32 Å². The van der Waals surface area contributed by atoms with Gasteiger partial charge in [-0.05, 0) is 44.0 Å². The molecule has 0 aromatic heterocycles. The molecule has 0 aliphatic carbocycles. The molecule has 0 aliphatic rings. The maximum absolute atomic E-state index is 12.7. The first kappa shape index (κ1) is 13.6. The Labute approximate surface area is 101 Å². The number of rotatable bonds is 6. The Morgan fingerprint density at radius 1 is 1.41 bits per heavy atom. The molecule has 1 unspecified atom stereocenters. The summed E-state index contributed by atoms with van der Waals surface area (Å²) in [4.78, 5) is 11.4. The van der Waals surface area contributed by atoms with Crippen molar-refractivity contribution >= 4 is 5.91 Å². The number of nitrogens with two attached hydrogens (primary N) is 1. The van der Waals surface area contributed by atoms with Gasteiger partial charge in [0.1, 0.15) is 5.82 Å². The molecule has 0 spiro atoms. The third kappa shape index (κ3) is 5.45. The Morgan fingerprint density at radius 2 is 2.06 bits per heavy atom. The molecule has 0 radical (unpaired) electrons. The van der Waals surface area contributed by atoms with E-state index in [0.717, 1.165) is 5.56 Å². The Hall–Kier alpha value is -1.42. The summed E-state index contributed by atoms with van der Waals surface area (Å²) in [6, 6.07) is 6.37. The lowest BCUT2D eigenvalue weighted by molar-refractivity contribution is -0.121. The fourth-order valence-corrected chi connectivity index (χ4v) is 1.63. The molecule has 1 amide bonds. The van der Waals surface area contributed by atoms with Crippen LogP contribution in [0, 0.1) is 5.82 Å². The Bertz CT molecular complexity index is 351. The number of carbonyl (C=O) groups is 1. The highest BCUT2D eigenvalue weighted by Crippen LogP contribution is 2.05. The Morgan fingerprint density at radius 3 is 2.65 bits per heavy atom. The van der Waals surface area contributed by atoms with Gasteiger partial charge in [-0.3, -0.25) is 4.79 Å². The van der Waals surface area contributed by atoms with Crippen LogP contribution >= 0.6 is 0 Å². The van der Waals surface area contributed by atoms with Crippen LogP contribution in [0.25, 0.3) is 0 Å². The van der Waals surface area contributed by atoms with Crippen LogP contribution < -0.4 is 11.1 Å². The van der Waals surface area contributed by atoms with Gasteiger partial charge in [-0.2, -0.15) is 0 Å². The molecular weight excluding hydrogens is 219 g/mol. The number of nitrogens with one attached hydrogen (secondary N) is 1. The number of halogens is 1. The quantitative estimate of drug-likeness (QED) is 0.791. The minimum absolute atomic E-state index is 0.0186. The number of benzene rings is 1. The molecule has 3 nitrogen and oxygen atoms in total. The van der Waals surface area contributed by atoms with E-state index in [0.29, 0.717) is 25.8 Å². The van der Waals surface area contributed by atoms with E-state index in [9.17, 15) is 9.18 Å². The number of hydrogen-bond acceptors (Lipinski definition) is 2. The van der Waals surface area contributed by atoms with Crippen LogP contribution in [-0.4, -0.2) is 18.5 Å². The van der Waals surface area contributed by atoms with Crippen molar-refractivity contribution in [2.45, 2.75) is 32.2 Å². The Balaban J connectivity index is 2.36. The summed E-state index contributed by atoms with van der Waals surface area (Å²) in [7, 11) is 0. The van der Waals surface area contributed by atoms with Crippen LogP contribution in [0.3, 0.4) is 0 Å². The maximum Gasteiger partial charge on any atom is 0.220 e. The minimum atomic E-state index is -0.242.